The SMILES string of the molecule is CCN(CC(F)(F)F)C1CCCC1C(=O)O. The maximum atomic E-state index is 12.3. The zero-order valence-electron chi connectivity index (χ0n) is 9.13. The molecule has 0 spiro atoms. The molecule has 2 atom stereocenters. The molecule has 0 aromatic rings. The van der Waals surface area contributed by atoms with Crippen LogP contribution in [0.2, 0.25) is 0 Å². The molecule has 94 valence electrons. The lowest BCUT2D eigenvalue weighted by Gasteiger charge is -2.30. The Balaban J connectivity index is 2.68. The van der Waals surface area contributed by atoms with Gasteiger partial charge in [-0.15, -0.1) is 0 Å². The van der Waals surface area contributed by atoms with Crippen molar-refractivity contribution in [2.45, 2.75) is 38.4 Å². The van der Waals surface area contributed by atoms with Crippen LogP contribution < -0.4 is 0 Å². The first-order valence-corrected chi connectivity index (χ1v) is 5.38. The average molecular weight is 239 g/mol. The van der Waals surface area contributed by atoms with Crippen LogP contribution in [0.1, 0.15) is 26.2 Å². The van der Waals surface area contributed by atoms with Crippen LogP contribution in [-0.2, 0) is 4.79 Å². The second-order valence-electron chi connectivity index (χ2n) is 4.12. The Kier molecular flexibility index (Phi) is 4.18. The second-order valence-corrected chi connectivity index (χ2v) is 4.12. The van der Waals surface area contributed by atoms with Crippen LogP contribution in [0.4, 0.5) is 13.2 Å². The molecule has 1 aliphatic rings. The summed E-state index contributed by atoms with van der Waals surface area (Å²) in [4.78, 5) is 12.1. The van der Waals surface area contributed by atoms with E-state index < -0.39 is 30.7 Å². The zero-order chi connectivity index (χ0) is 12.3. The summed E-state index contributed by atoms with van der Waals surface area (Å²) >= 11 is 0. The smallest absolute Gasteiger partial charge is 0.401 e. The highest BCUT2D eigenvalue weighted by Crippen LogP contribution is 2.31. The van der Waals surface area contributed by atoms with E-state index in [2.05, 4.69) is 0 Å². The summed E-state index contributed by atoms with van der Waals surface area (Å²) in [5.74, 6) is -1.63. The van der Waals surface area contributed by atoms with E-state index in [9.17, 15) is 18.0 Å². The van der Waals surface area contributed by atoms with Crippen LogP contribution >= 0.6 is 0 Å². The first-order chi connectivity index (χ1) is 7.35. The van der Waals surface area contributed by atoms with Gasteiger partial charge in [0.25, 0.3) is 0 Å². The number of halogens is 3. The molecule has 0 aromatic carbocycles. The topological polar surface area (TPSA) is 40.5 Å². The van der Waals surface area contributed by atoms with Gasteiger partial charge < -0.3 is 5.11 Å². The van der Waals surface area contributed by atoms with E-state index in [0.717, 1.165) is 0 Å². The molecule has 1 aliphatic carbocycles. The van der Waals surface area contributed by atoms with Gasteiger partial charge in [-0.25, -0.2) is 0 Å². The molecule has 0 bridgehead atoms. The molecule has 6 heteroatoms. The number of carboxylic acid groups (broad SMARTS) is 1. The lowest BCUT2D eigenvalue weighted by Crippen LogP contribution is -2.45. The third kappa shape index (κ3) is 3.37. The lowest BCUT2D eigenvalue weighted by molar-refractivity contribution is -0.158. The Morgan fingerprint density at radius 3 is 2.50 bits per heavy atom. The number of nitrogens with zero attached hydrogens (tertiary/aromatic N) is 1. The van der Waals surface area contributed by atoms with Gasteiger partial charge >= 0.3 is 12.1 Å². The minimum absolute atomic E-state index is 0.230. The molecule has 0 aromatic heterocycles. The molecule has 3 nitrogen and oxygen atoms in total. The van der Waals surface area contributed by atoms with E-state index in [-0.39, 0.29) is 6.54 Å². The summed E-state index contributed by atoms with van der Waals surface area (Å²) in [6.07, 6.45) is -2.55. The molecule has 0 heterocycles. The molecule has 1 rings (SSSR count). The fourth-order valence-corrected chi connectivity index (χ4v) is 2.36. The van der Waals surface area contributed by atoms with Crippen molar-refractivity contribution < 1.29 is 23.1 Å². The molecule has 0 amide bonds. The zero-order valence-corrected chi connectivity index (χ0v) is 9.13. The van der Waals surface area contributed by atoms with Crippen LogP contribution in [-0.4, -0.2) is 41.3 Å². The molecule has 0 aliphatic heterocycles. The summed E-state index contributed by atoms with van der Waals surface area (Å²) in [6.45, 7) is 0.842. The third-order valence-electron chi connectivity index (χ3n) is 3.05. The molecule has 1 N–H and O–H groups in total. The minimum Gasteiger partial charge on any atom is -0.481 e. The summed E-state index contributed by atoms with van der Waals surface area (Å²) in [5, 5.41) is 8.92. The van der Waals surface area contributed by atoms with E-state index in [1.54, 1.807) is 6.92 Å². The highest BCUT2D eigenvalue weighted by molar-refractivity contribution is 5.71. The number of aliphatic carboxylic acids is 1. The maximum Gasteiger partial charge on any atom is 0.401 e. The summed E-state index contributed by atoms with van der Waals surface area (Å²) in [5.41, 5.74) is 0. The molecule has 1 saturated carbocycles. The fourth-order valence-electron chi connectivity index (χ4n) is 2.36. The van der Waals surface area contributed by atoms with E-state index in [4.69, 9.17) is 5.11 Å². The van der Waals surface area contributed by atoms with Crippen molar-refractivity contribution in [3.05, 3.63) is 0 Å². The van der Waals surface area contributed by atoms with Gasteiger partial charge in [-0.2, -0.15) is 13.2 Å². The van der Waals surface area contributed by atoms with Crippen LogP contribution in [0.3, 0.4) is 0 Å². The Morgan fingerprint density at radius 2 is 2.06 bits per heavy atom. The average Bonchev–Trinajstić information content (AvgIpc) is 2.60. The lowest BCUT2D eigenvalue weighted by atomic mass is 10.0. The highest BCUT2D eigenvalue weighted by atomic mass is 19.4. The molecular weight excluding hydrogens is 223 g/mol. The number of carbonyl (C=O) groups is 1. The van der Waals surface area contributed by atoms with Gasteiger partial charge in [-0.05, 0) is 19.4 Å². The standard InChI is InChI=1S/C10H16F3NO2/c1-2-14(6-10(11,12)13)8-5-3-4-7(8)9(15)16/h7-8H,2-6H2,1H3,(H,15,16). The van der Waals surface area contributed by atoms with Crippen molar-refractivity contribution in [3.63, 3.8) is 0 Å². The fraction of sp³-hybridized carbons (Fsp3) is 0.900. The van der Waals surface area contributed by atoms with E-state index in [1.807, 2.05) is 0 Å². The molecule has 2 unspecified atom stereocenters. The Labute approximate surface area is 92.2 Å². The van der Waals surface area contributed by atoms with Gasteiger partial charge in [-0.1, -0.05) is 13.3 Å². The quantitative estimate of drug-likeness (QED) is 0.817. The van der Waals surface area contributed by atoms with E-state index in [1.165, 1.54) is 4.90 Å². The van der Waals surface area contributed by atoms with E-state index >= 15 is 0 Å². The third-order valence-corrected chi connectivity index (χ3v) is 3.05. The van der Waals surface area contributed by atoms with Crippen LogP contribution in [0.15, 0.2) is 0 Å². The van der Waals surface area contributed by atoms with Gasteiger partial charge in [0, 0.05) is 6.04 Å². The maximum absolute atomic E-state index is 12.3. The van der Waals surface area contributed by atoms with E-state index in [0.29, 0.717) is 19.3 Å². The van der Waals surface area contributed by atoms with Crippen LogP contribution in [0, 0.1) is 5.92 Å². The minimum atomic E-state index is -4.26. The van der Waals surface area contributed by atoms with Gasteiger partial charge in [0.1, 0.15) is 0 Å². The number of carboxylic acids is 1. The molecular formula is C10H16F3NO2. The Morgan fingerprint density at radius 1 is 1.44 bits per heavy atom. The number of hydrogen-bond donors (Lipinski definition) is 1. The van der Waals surface area contributed by atoms with Crippen molar-refractivity contribution in [3.8, 4) is 0 Å². The number of rotatable bonds is 4. The van der Waals surface area contributed by atoms with Crippen molar-refractivity contribution in [1.29, 1.82) is 0 Å². The monoisotopic (exact) mass is 239 g/mol. The van der Waals surface area contributed by atoms with Crippen molar-refractivity contribution >= 4 is 5.97 Å². The van der Waals surface area contributed by atoms with Crippen molar-refractivity contribution in [2.75, 3.05) is 13.1 Å². The molecule has 16 heavy (non-hydrogen) atoms. The van der Waals surface area contributed by atoms with Crippen LogP contribution in [0.25, 0.3) is 0 Å². The summed E-state index contributed by atoms with van der Waals surface area (Å²) in [7, 11) is 0. The van der Waals surface area contributed by atoms with Gasteiger partial charge in [0.2, 0.25) is 0 Å². The highest BCUT2D eigenvalue weighted by Gasteiger charge is 2.40. The van der Waals surface area contributed by atoms with Gasteiger partial charge in [-0.3, -0.25) is 9.69 Å². The first-order valence-electron chi connectivity index (χ1n) is 5.38. The predicted octanol–water partition coefficient (Wildman–Crippen LogP) is 2.12. The van der Waals surface area contributed by atoms with Crippen LogP contribution in [0.5, 0.6) is 0 Å². The van der Waals surface area contributed by atoms with Gasteiger partial charge in [0.15, 0.2) is 0 Å². The summed E-state index contributed by atoms with van der Waals surface area (Å²) in [6, 6.07) is -0.468. The Hall–Kier alpha value is -0.780. The summed E-state index contributed by atoms with van der Waals surface area (Å²) < 4.78 is 36.9. The molecule has 1 fully saturated rings. The molecule has 0 radical (unpaired) electrons. The van der Waals surface area contributed by atoms with Crippen molar-refractivity contribution in [2.24, 2.45) is 5.92 Å². The Bertz CT molecular complexity index is 255. The number of hydrogen-bond acceptors (Lipinski definition) is 2. The normalized spacial score (nSPS) is 26.3. The first kappa shape index (κ1) is 13.3. The molecule has 0 saturated heterocycles. The second kappa shape index (κ2) is 5.03. The van der Waals surface area contributed by atoms with Gasteiger partial charge in [0.05, 0.1) is 12.5 Å². The number of alkyl halides is 3. The van der Waals surface area contributed by atoms with Crippen molar-refractivity contribution in [1.82, 2.24) is 4.90 Å². The predicted molar refractivity (Wildman–Crippen MR) is 52.1 cm³/mol. The largest absolute Gasteiger partial charge is 0.481 e.